The number of ether oxygens (including phenoxy) is 1. The second kappa shape index (κ2) is 8.30. The quantitative estimate of drug-likeness (QED) is 0.638. The van der Waals surface area contributed by atoms with Gasteiger partial charge in [-0.1, -0.05) is 31.3 Å². The summed E-state index contributed by atoms with van der Waals surface area (Å²) in [4.78, 5) is 41.0. The van der Waals surface area contributed by atoms with Crippen molar-refractivity contribution in [2.45, 2.75) is 33.8 Å². The van der Waals surface area contributed by atoms with Crippen molar-refractivity contribution in [1.82, 2.24) is 14.6 Å². The number of hydrogen-bond donors (Lipinski definition) is 1. The lowest BCUT2D eigenvalue weighted by Gasteiger charge is -2.09. The smallest absolute Gasteiger partial charge is 0.338 e. The Morgan fingerprint density at radius 2 is 2.07 bits per heavy atom. The molecule has 0 aliphatic carbocycles. The maximum Gasteiger partial charge on any atom is 0.338 e. The Hall–Kier alpha value is -3.07. The van der Waals surface area contributed by atoms with E-state index in [1.54, 1.807) is 31.2 Å². The number of hydrogen-bond acceptors (Lipinski definition) is 7. The van der Waals surface area contributed by atoms with Gasteiger partial charge in [-0.25, -0.2) is 9.78 Å². The van der Waals surface area contributed by atoms with Gasteiger partial charge in [0.2, 0.25) is 10.9 Å². The third-order valence-electron chi connectivity index (χ3n) is 3.73. The second-order valence-electron chi connectivity index (χ2n) is 6.70. The van der Waals surface area contributed by atoms with E-state index in [0.29, 0.717) is 28.3 Å². The highest BCUT2D eigenvalue weighted by Gasteiger charge is 2.12. The third kappa shape index (κ3) is 4.80. The molecule has 0 bridgehead atoms. The highest BCUT2D eigenvalue weighted by molar-refractivity contribution is 7.16. The fraction of sp³-hybridized carbons (Fsp3) is 0.316. The van der Waals surface area contributed by atoms with E-state index < -0.39 is 5.97 Å². The number of carbonyl (C=O) groups excluding carboxylic acids is 2. The zero-order valence-corrected chi connectivity index (χ0v) is 16.6. The number of aryl methyl sites for hydroxylation is 1. The van der Waals surface area contributed by atoms with E-state index in [2.05, 4.69) is 15.4 Å². The van der Waals surface area contributed by atoms with Gasteiger partial charge in [-0.05, 0) is 31.0 Å². The molecule has 1 aromatic carbocycles. The first-order valence-corrected chi connectivity index (χ1v) is 9.57. The average molecular weight is 400 g/mol. The molecule has 3 rings (SSSR count). The van der Waals surface area contributed by atoms with E-state index in [9.17, 15) is 14.4 Å². The molecule has 28 heavy (non-hydrogen) atoms. The van der Waals surface area contributed by atoms with Gasteiger partial charge < -0.3 is 10.1 Å². The van der Waals surface area contributed by atoms with Gasteiger partial charge in [-0.2, -0.15) is 9.61 Å². The molecule has 1 amide bonds. The van der Waals surface area contributed by atoms with Gasteiger partial charge in [0.15, 0.2) is 0 Å². The van der Waals surface area contributed by atoms with Gasteiger partial charge in [0, 0.05) is 18.2 Å². The summed E-state index contributed by atoms with van der Waals surface area (Å²) in [6.45, 7) is 5.56. The Bertz CT molecular complexity index is 1090. The van der Waals surface area contributed by atoms with E-state index in [4.69, 9.17) is 4.74 Å². The Morgan fingerprint density at radius 1 is 1.29 bits per heavy atom. The molecule has 0 atom stereocenters. The lowest BCUT2D eigenvalue weighted by Crippen LogP contribution is -2.17. The largest absolute Gasteiger partial charge is 0.456 e. The number of aromatic nitrogens is 3. The number of esters is 1. The van der Waals surface area contributed by atoms with Crippen LogP contribution in [0.15, 0.2) is 35.1 Å². The molecule has 0 aliphatic rings. The molecule has 9 heteroatoms. The van der Waals surface area contributed by atoms with Crippen LogP contribution in [0.1, 0.15) is 41.3 Å². The summed E-state index contributed by atoms with van der Waals surface area (Å²) in [5.74, 6) is -0.440. The highest BCUT2D eigenvalue weighted by atomic mass is 32.1. The first kappa shape index (κ1) is 19.7. The zero-order valence-electron chi connectivity index (χ0n) is 15.8. The zero-order chi connectivity index (χ0) is 20.3. The van der Waals surface area contributed by atoms with E-state index in [1.165, 1.54) is 21.9 Å². The van der Waals surface area contributed by atoms with Crippen molar-refractivity contribution >= 4 is 33.9 Å². The van der Waals surface area contributed by atoms with Crippen LogP contribution in [0.2, 0.25) is 0 Å². The predicted octanol–water partition coefficient (Wildman–Crippen LogP) is 2.80. The molecule has 0 radical (unpaired) electrons. The summed E-state index contributed by atoms with van der Waals surface area (Å²) in [5.41, 5.74) is 0.852. The SMILES string of the molecule is Cc1nn2c(=O)cc(COC(=O)c3cccc(NC(=O)CC(C)C)c3)nc2s1. The Kier molecular flexibility index (Phi) is 5.84. The van der Waals surface area contributed by atoms with Crippen molar-refractivity contribution in [1.29, 1.82) is 0 Å². The predicted molar refractivity (Wildman–Crippen MR) is 106 cm³/mol. The first-order valence-electron chi connectivity index (χ1n) is 8.75. The number of benzene rings is 1. The Balaban J connectivity index is 1.67. The standard InChI is InChI=1S/C19H20N4O4S/c1-11(2)7-16(24)20-14-6-4-5-13(8-14)18(26)27-10-15-9-17(25)23-19(21-15)28-12(3)22-23/h4-6,8-9,11H,7,10H2,1-3H3,(H,20,24). The normalized spacial score (nSPS) is 11.0. The van der Waals surface area contributed by atoms with Gasteiger partial charge >= 0.3 is 5.97 Å². The maximum absolute atomic E-state index is 12.3. The van der Waals surface area contributed by atoms with Crippen LogP contribution in [0.3, 0.4) is 0 Å². The second-order valence-corrected chi connectivity index (χ2v) is 7.86. The van der Waals surface area contributed by atoms with Crippen LogP contribution in [0.25, 0.3) is 4.96 Å². The lowest BCUT2D eigenvalue weighted by molar-refractivity contribution is -0.116. The number of rotatable bonds is 6. The summed E-state index contributed by atoms with van der Waals surface area (Å²) < 4.78 is 6.49. The van der Waals surface area contributed by atoms with Crippen molar-refractivity contribution < 1.29 is 14.3 Å². The summed E-state index contributed by atoms with van der Waals surface area (Å²) in [6.07, 6.45) is 0.398. The molecule has 0 unspecified atom stereocenters. The van der Waals surface area contributed by atoms with Crippen LogP contribution in [-0.2, 0) is 16.1 Å². The number of anilines is 1. The highest BCUT2D eigenvalue weighted by Crippen LogP contribution is 2.14. The molecule has 0 saturated heterocycles. The van der Waals surface area contributed by atoms with Crippen molar-refractivity contribution in [3.05, 3.63) is 57.0 Å². The summed E-state index contributed by atoms with van der Waals surface area (Å²) >= 11 is 1.28. The van der Waals surface area contributed by atoms with Crippen molar-refractivity contribution in [2.24, 2.45) is 5.92 Å². The minimum Gasteiger partial charge on any atom is -0.456 e. The Morgan fingerprint density at radius 3 is 2.82 bits per heavy atom. The molecule has 0 spiro atoms. The van der Waals surface area contributed by atoms with Gasteiger partial charge in [0.05, 0.1) is 11.3 Å². The molecule has 8 nitrogen and oxygen atoms in total. The van der Waals surface area contributed by atoms with Gasteiger partial charge in [0.25, 0.3) is 5.56 Å². The van der Waals surface area contributed by atoms with Crippen LogP contribution in [0, 0.1) is 12.8 Å². The van der Waals surface area contributed by atoms with Crippen molar-refractivity contribution in [3.8, 4) is 0 Å². The first-order chi connectivity index (χ1) is 13.3. The number of nitrogens with one attached hydrogen (secondary N) is 1. The molecule has 0 fully saturated rings. The minimum atomic E-state index is -0.567. The van der Waals surface area contributed by atoms with Gasteiger partial charge in [-0.3, -0.25) is 9.59 Å². The van der Waals surface area contributed by atoms with E-state index >= 15 is 0 Å². The lowest BCUT2D eigenvalue weighted by atomic mass is 10.1. The van der Waals surface area contributed by atoms with E-state index in [-0.39, 0.29) is 24.0 Å². The minimum absolute atomic E-state index is 0.113. The molecule has 1 N–H and O–H groups in total. The fourth-order valence-electron chi connectivity index (χ4n) is 2.56. The monoisotopic (exact) mass is 400 g/mol. The topological polar surface area (TPSA) is 103 Å². The van der Waals surface area contributed by atoms with Crippen LogP contribution in [-0.4, -0.2) is 26.5 Å². The average Bonchev–Trinajstić information content (AvgIpc) is 3.00. The van der Waals surface area contributed by atoms with Crippen molar-refractivity contribution in [3.63, 3.8) is 0 Å². The molecule has 146 valence electrons. The van der Waals surface area contributed by atoms with Crippen LogP contribution < -0.4 is 10.9 Å². The molecule has 0 saturated carbocycles. The molecular weight excluding hydrogens is 380 g/mol. The van der Waals surface area contributed by atoms with Gasteiger partial charge in [-0.15, -0.1) is 0 Å². The van der Waals surface area contributed by atoms with E-state index in [0.717, 1.165) is 5.01 Å². The van der Waals surface area contributed by atoms with Gasteiger partial charge in [0.1, 0.15) is 11.6 Å². The molecular formula is C19H20N4O4S. The molecule has 0 aliphatic heterocycles. The molecule has 3 aromatic rings. The molecule has 2 heterocycles. The maximum atomic E-state index is 12.3. The molecule has 2 aromatic heterocycles. The third-order valence-corrected chi connectivity index (χ3v) is 4.55. The summed E-state index contributed by atoms with van der Waals surface area (Å²) in [5, 5.41) is 7.55. The Labute approximate surface area is 165 Å². The number of nitrogens with zero attached hydrogens (tertiary/aromatic N) is 3. The van der Waals surface area contributed by atoms with E-state index in [1.807, 2.05) is 13.8 Å². The fourth-order valence-corrected chi connectivity index (χ4v) is 3.32. The summed E-state index contributed by atoms with van der Waals surface area (Å²) in [7, 11) is 0. The number of carbonyl (C=O) groups is 2. The number of amides is 1. The van der Waals surface area contributed by atoms with Crippen LogP contribution in [0.5, 0.6) is 0 Å². The van der Waals surface area contributed by atoms with Crippen LogP contribution in [0.4, 0.5) is 5.69 Å². The van der Waals surface area contributed by atoms with Crippen molar-refractivity contribution in [2.75, 3.05) is 5.32 Å². The van der Waals surface area contributed by atoms with Crippen LogP contribution >= 0.6 is 11.3 Å². The summed E-state index contributed by atoms with van der Waals surface area (Å²) in [6, 6.07) is 7.81. The number of fused-ring (bicyclic) bond motifs is 1.